The fourth-order valence-corrected chi connectivity index (χ4v) is 9.57. The summed E-state index contributed by atoms with van der Waals surface area (Å²) in [6.45, 7) is 0. The predicted octanol–water partition coefficient (Wildman–Crippen LogP) is 17.9. The standard InChI is InChI=1S/C58H38Cl2N2/c59-51-21-5-15-45-17-9-25-55(57(45)51)61(53-23-7-13-43-11-1-3-19-49(43)53)47-35-31-41(32-36-47)39-27-29-40(30-28-39)42-33-37-48(38-34-42)62(54-24-8-14-44-12-2-4-20-50(44)54)56-26-10-18-46-16-6-22-52(60)58(46)56/h1-38H. The molecule has 62 heavy (non-hydrogen) atoms. The van der Waals surface area contributed by atoms with Gasteiger partial charge in [-0.25, -0.2) is 0 Å². The van der Waals surface area contributed by atoms with Crippen LogP contribution in [0.2, 0.25) is 10.0 Å². The van der Waals surface area contributed by atoms with Crippen molar-refractivity contribution in [3.05, 3.63) is 241 Å². The van der Waals surface area contributed by atoms with Gasteiger partial charge >= 0.3 is 0 Å². The Morgan fingerprint density at radius 1 is 0.242 bits per heavy atom. The fraction of sp³-hybridized carbons (Fsp3) is 0. The molecular formula is C58H38Cl2N2. The van der Waals surface area contributed by atoms with Crippen LogP contribution in [0.15, 0.2) is 231 Å². The van der Waals surface area contributed by atoms with E-state index >= 15 is 0 Å². The summed E-state index contributed by atoms with van der Waals surface area (Å²) in [5, 5.41) is 10.4. The van der Waals surface area contributed by atoms with Crippen LogP contribution < -0.4 is 9.80 Å². The van der Waals surface area contributed by atoms with Crippen molar-refractivity contribution in [1.82, 2.24) is 0 Å². The SMILES string of the molecule is Clc1cccc2cccc(N(c3ccc(-c4ccc(-c5ccc(N(c6cccc7ccccc67)c6cccc7cccc(Cl)c67)cc5)cc4)cc3)c3cccc4ccccc34)c12. The number of hydrogen-bond donors (Lipinski definition) is 0. The van der Waals surface area contributed by atoms with E-state index in [1.165, 1.54) is 21.5 Å². The van der Waals surface area contributed by atoms with Crippen LogP contribution in [0.5, 0.6) is 0 Å². The normalized spacial score (nSPS) is 11.4. The minimum absolute atomic E-state index is 0.728. The highest BCUT2D eigenvalue weighted by atomic mass is 35.5. The van der Waals surface area contributed by atoms with E-state index in [4.69, 9.17) is 23.2 Å². The van der Waals surface area contributed by atoms with Crippen molar-refractivity contribution in [2.45, 2.75) is 0 Å². The summed E-state index contributed by atoms with van der Waals surface area (Å²) in [6.07, 6.45) is 0. The molecule has 0 aliphatic rings. The van der Waals surface area contributed by atoms with Crippen molar-refractivity contribution in [3.63, 3.8) is 0 Å². The van der Waals surface area contributed by atoms with Gasteiger partial charge in [-0.1, -0.05) is 193 Å². The van der Waals surface area contributed by atoms with Crippen LogP contribution in [0.25, 0.3) is 65.3 Å². The molecule has 11 aromatic rings. The zero-order valence-corrected chi connectivity index (χ0v) is 35.1. The lowest BCUT2D eigenvalue weighted by molar-refractivity contribution is 1.31. The van der Waals surface area contributed by atoms with Crippen LogP contribution in [-0.2, 0) is 0 Å². The Bertz CT molecular complexity index is 3180. The maximum atomic E-state index is 6.94. The van der Waals surface area contributed by atoms with Crippen LogP contribution in [0.3, 0.4) is 0 Å². The molecule has 0 heterocycles. The van der Waals surface area contributed by atoms with E-state index in [0.29, 0.717) is 0 Å². The van der Waals surface area contributed by atoms with Gasteiger partial charge < -0.3 is 9.80 Å². The lowest BCUT2D eigenvalue weighted by Crippen LogP contribution is -2.11. The van der Waals surface area contributed by atoms with Crippen LogP contribution in [0.1, 0.15) is 0 Å². The van der Waals surface area contributed by atoms with Crippen LogP contribution in [0, 0.1) is 0 Å². The number of benzene rings is 11. The van der Waals surface area contributed by atoms with E-state index < -0.39 is 0 Å². The molecule has 0 bridgehead atoms. The lowest BCUT2D eigenvalue weighted by Gasteiger charge is -2.28. The summed E-state index contributed by atoms with van der Waals surface area (Å²) in [6, 6.07) is 81.6. The van der Waals surface area contributed by atoms with Gasteiger partial charge in [0.2, 0.25) is 0 Å². The van der Waals surface area contributed by atoms with Gasteiger partial charge in [-0.2, -0.15) is 0 Å². The molecule has 2 nitrogen and oxygen atoms in total. The zero-order valence-electron chi connectivity index (χ0n) is 33.6. The smallest absolute Gasteiger partial charge is 0.0555 e. The molecule has 0 amide bonds. The quantitative estimate of drug-likeness (QED) is 0.150. The maximum Gasteiger partial charge on any atom is 0.0555 e. The third kappa shape index (κ3) is 6.71. The number of rotatable bonds is 8. The van der Waals surface area contributed by atoms with E-state index in [2.05, 4.69) is 216 Å². The first kappa shape index (κ1) is 37.6. The average molecular weight is 834 g/mol. The Balaban J connectivity index is 0.933. The van der Waals surface area contributed by atoms with Crippen molar-refractivity contribution < 1.29 is 0 Å². The van der Waals surface area contributed by atoms with Crippen LogP contribution >= 0.6 is 23.2 Å². The highest BCUT2D eigenvalue weighted by Crippen LogP contribution is 2.46. The summed E-state index contributed by atoms with van der Waals surface area (Å²) < 4.78 is 0. The summed E-state index contributed by atoms with van der Waals surface area (Å²) in [4.78, 5) is 4.67. The molecule has 11 rings (SSSR count). The first-order valence-corrected chi connectivity index (χ1v) is 21.6. The van der Waals surface area contributed by atoms with Crippen molar-refractivity contribution in [1.29, 1.82) is 0 Å². The summed E-state index contributed by atoms with van der Waals surface area (Å²) in [5.41, 5.74) is 11.0. The Hall–Kier alpha value is -7.36. The summed E-state index contributed by atoms with van der Waals surface area (Å²) >= 11 is 13.9. The molecule has 0 N–H and O–H groups in total. The second-order valence-corrected chi connectivity index (χ2v) is 16.4. The average Bonchev–Trinajstić information content (AvgIpc) is 3.33. The van der Waals surface area contributed by atoms with Crippen LogP contribution in [0.4, 0.5) is 34.1 Å². The van der Waals surface area contributed by atoms with E-state index in [-0.39, 0.29) is 0 Å². The van der Waals surface area contributed by atoms with Gasteiger partial charge in [0.05, 0.1) is 32.8 Å². The highest BCUT2D eigenvalue weighted by Gasteiger charge is 2.21. The number of halogens is 2. The minimum Gasteiger partial charge on any atom is -0.309 e. The predicted molar refractivity (Wildman–Crippen MR) is 267 cm³/mol. The van der Waals surface area contributed by atoms with E-state index in [1.54, 1.807) is 0 Å². The summed E-state index contributed by atoms with van der Waals surface area (Å²) in [7, 11) is 0. The molecule has 294 valence electrons. The monoisotopic (exact) mass is 832 g/mol. The molecule has 0 radical (unpaired) electrons. The number of anilines is 6. The molecular weight excluding hydrogens is 796 g/mol. The maximum absolute atomic E-state index is 6.94. The third-order valence-electron chi connectivity index (χ3n) is 12.0. The Kier molecular flexibility index (Phi) is 9.66. The Morgan fingerprint density at radius 2 is 0.532 bits per heavy atom. The number of nitrogens with zero attached hydrogens (tertiary/aromatic N) is 2. The molecule has 0 saturated carbocycles. The van der Waals surface area contributed by atoms with Gasteiger partial charge in [0, 0.05) is 32.9 Å². The zero-order chi connectivity index (χ0) is 41.6. The second kappa shape index (κ2) is 15.9. The van der Waals surface area contributed by atoms with Crippen molar-refractivity contribution >= 4 is 100 Å². The highest BCUT2D eigenvalue weighted by molar-refractivity contribution is 6.37. The molecule has 0 atom stereocenters. The first-order chi connectivity index (χ1) is 30.6. The van der Waals surface area contributed by atoms with E-state index in [1.807, 2.05) is 24.3 Å². The fourth-order valence-electron chi connectivity index (χ4n) is 9.01. The molecule has 11 aromatic carbocycles. The van der Waals surface area contributed by atoms with Gasteiger partial charge in [-0.05, 0) is 104 Å². The Morgan fingerprint density at radius 3 is 0.919 bits per heavy atom. The number of hydrogen-bond acceptors (Lipinski definition) is 2. The van der Waals surface area contributed by atoms with Crippen LogP contribution in [-0.4, -0.2) is 0 Å². The van der Waals surface area contributed by atoms with Crippen molar-refractivity contribution in [2.24, 2.45) is 0 Å². The molecule has 0 fully saturated rings. The van der Waals surface area contributed by atoms with Crippen molar-refractivity contribution in [3.8, 4) is 22.3 Å². The van der Waals surface area contributed by atoms with Gasteiger partial charge in [-0.15, -0.1) is 0 Å². The van der Waals surface area contributed by atoms with E-state index in [9.17, 15) is 0 Å². The first-order valence-electron chi connectivity index (χ1n) is 20.8. The van der Waals surface area contributed by atoms with Gasteiger partial charge in [0.15, 0.2) is 0 Å². The van der Waals surface area contributed by atoms with Crippen molar-refractivity contribution in [2.75, 3.05) is 9.80 Å². The molecule has 4 heteroatoms. The molecule has 0 saturated heterocycles. The lowest BCUT2D eigenvalue weighted by atomic mass is 9.99. The Labute approximate surface area is 371 Å². The molecule has 0 aromatic heterocycles. The van der Waals surface area contributed by atoms with Gasteiger partial charge in [-0.3, -0.25) is 0 Å². The molecule has 0 spiro atoms. The molecule has 0 unspecified atom stereocenters. The largest absolute Gasteiger partial charge is 0.309 e. The van der Waals surface area contributed by atoms with Gasteiger partial charge in [0.25, 0.3) is 0 Å². The minimum atomic E-state index is 0.728. The molecule has 0 aliphatic heterocycles. The van der Waals surface area contributed by atoms with Gasteiger partial charge in [0.1, 0.15) is 0 Å². The summed E-state index contributed by atoms with van der Waals surface area (Å²) in [5.74, 6) is 0. The second-order valence-electron chi connectivity index (χ2n) is 15.6. The topological polar surface area (TPSA) is 6.48 Å². The third-order valence-corrected chi connectivity index (χ3v) is 12.6. The number of fused-ring (bicyclic) bond motifs is 4. The molecule has 0 aliphatic carbocycles. The van der Waals surface area contributed by atoms with E-state index in [0.717, 1.165) is 88.0 Å².